The van der Waals surface area contributed by atoms with E-state index in [9.17, 15) is 0 Å². The Morgan fingerprint density at radius 2 is 2.17 bits per heavy atom. The van der Waals surface area contributed by atoms with Crippen molar-refractivity contribution in [1.82, 2.24) is 10.2 Å². The van der Waals surface area contributed by atoms with Gasteiger partial charge in [0.05, 0.1) is 19.8 Å². The van der Waals surface area contributed by atoms with Gasteiger partial charge in [0.15, 0.2) is 0 Å². The maximum absolute atomic E-state index is 5.70. The summed E-state index contributed by atoms with van der Waals surface area (Å²) in [4.78, 5) is 2.29. The van der Waals surface area contributed by atoms with Gasteiger partial charge in [0.25, 0.3) is 0 Å². The number of likely N-dealkylation sites (N-methyl/N-ethyl adjacent to an activating group) is 1. The van der Waals surface area contributed by atoms with Crippen molar-refractivity contribution in [3.63, 3.8) is 0 Å². The summed E-state index contributed by atoms with van der Waals surface area (Å²) < 4.78 is 10.9. The molecular formula is C14H22N2O2. The fraction of sp³-hybridized carbons (Fsp3) is 0.571. The second-order valence-corrected chi connectivity index (χ2v) is 4.74. The summed E-state index contributed by atoms with van der Waals surface area (Å²) in [6.45, 7) is 4.63. The van der Waals surface area contributed by atoms with Gasteiger partial charge in [0.1, 0.15) is 5.75 Å². The van der Waals surface area contributed by atoms with E-state index in [0.29, 0.717) is 6.10 Å². The lowest BCUT2D eigenvalue weighted by Crippen LogP contribution is -2.44. The van der Waals surface area contributed by atoms with Gasteiger partial charge in [-0.15, -0.1) is 0 Å². The molecule has 1 aliphatic rings. The summed E-state index contributed by atoms with van der Waals surface area (Å²) in [5, 5.41) is 3.35. The Morgan fingerprint density at radius 1 is 1.39 bits per heavy atom. The van der Waals surface area contributed by atoms with E-state index in [-0.39, 0.29) is 0 Å². The second-order valence-electron chi connectivity index (χ2n) is 4.74. The smallest absolute Gasteiger partial charge is 0.118 e. The maximum Gasteiger partial charge on any atom is 0.118 e. The van der Waals surface area contributed by atoms with Crippen LogP contribution in [0.25, 0.3) is 0 Å². The van der Waals surface area contributed by atoms with Crippen LogP contribution >= 0.6 is 0 Å². The highest BCUT2D eigenvalue weighted by Crippen LogP contribution is 2.12. The quantitative estimate of drug-likeness (QED) is 0.849. The van der Waals surface area contributed by atoms with E-state index in [0.717, 1.165) is 38.5 Å². The van der Waals surface area contributed by atoms with Crippen LogP contribution in [-0.4, -0.2) is 51.4 Å². The second kappa shape index (κ2) is 6.73. The van der Waals surface area contributed by atoms with Crippen molar-refractivity contribution >= 4 is 0 Å². The molecule has 0 aromatic heterocycles. The van der Waals surface area contributed by atoms with Gasteiger partial charge in [0, 0.05) is 26.2 Å². The van der Waals surface area contributed by atoms with Crippen molar-refractivity contribution < 1.29 is 9.47 Å². The van der Waals surface area contributed by atoms with Crippen molar-refractivity contribution in [2.45, 2.75) is 12.6 Å². The van der Waals surface area contributed by atoms with Crippen molar-refractivity contribution in [3.05, 3.63) is 29.8 Å². The molecule has 1 aliphatic heterocycles. The van der Waals surface area contributed by atoms with Gasteiger partial charge in [-0.05, 0) is 24.7 Å². The standard InChI is InChI=1S/C14H22N2O2/c1-16(11-14-9-15-7-8-18-14)10-12-3-5-13(17-2)6-4-12/h3-6,14-15H,7-11H2,1-2H3/t14-/m1/s1. The average molecular weight is 250 g/mol. The first-order chi connectivity index (χ1) is 8.78. The lowest BCUT2D eigenvalue weighted by atomic mass is 10.2. The Balaban J connectivity index is 1.80. The molecule has 1 atom stereocenters. The predicted octanol–water partition coefficient (Wildman–Crippen LogP) is 1.12. The Kier molecular flexibility index (Phi) is 4.99. The lowest BCUT2D eigenvalue weighted by Gasteiger charge is -2.28. The van der Waals surface area contributed by atoms with E-state index in [2.05, 4.69) is 29.4 Å². The molecule has 100 valence electrons. The summed E-state index contributed by atoms with van der Waals surface area (Å²) in [5.74, 6) is 0.904. The molecular weight excluding hydrogens is 228 g/mol. The fourth-order valence-electron chi connectivity index (χ4n) is 2.19. The van der Waals surface area contributed by atoms with Crippen molar-refractivity contribution in [2.75, 3.05) is 40.4 Å². The molecule has 0 saturated carbocycles. The number of methoxy groups -OCH3 is 1. The summed E-state index contributed by atoms with van der Waals surface area (Å²) in [5.41, 5.74) is 1.29. The van der Waals surface area contributed by atoms with E-state index < -0.39 is 0 Å². The first kappa shape index (κ1) is 13.3. The third-order valence-corrected chi connectivity index (χ3v) is 3.13. The highest BCUT2D eigenvalue weighted by atomic mass is 16.5. The summed E-state index contributed by atoms with van der Waals surface area (Å²) in [6, 6.07) is 8.22. The van der Waals surface area contributed by atoms with Crippen molar-refractivity contribution in [1.29, 1.82) is 0 Å². The molecule has 1 saturated heterocycles. The van der Waals surface area contributed by atoms with Crippen molar-refractivity contribution in [3.8, 4) is 5.75 Å². The van der Waals surface area contributed by atoms with Crippen LogP contribution in [-0.2, 0) is 11.3 Å². The Bertz CT molecular complexity index is 347. The van der Waals surface area contributed by atoms with Crippen LogP contribution in [0.15, 0.2) is 24.3 Å². The summed E-state index contributed by atoms with van der Waals surface area (Å²) in [6.07, 6.45) is 0.307. The minimum atomic E-state index is 0.307. The van der Waals surface area contributed by atoms with Gasteiger partial charge >= 0.3 is 0 Å². The van der Waals surface area contributed by atoms with E-state index in [4.69, 9.17) is 9.47 Å². The van der Waals surface area contributed by atoms with Crippen LogP contribution < -0.4 is 10.1 Å². The third kappa shape index (κ3) is 3.98. The minimum absolute atomic E-state index is 0.307. The first-order valence-corrected chi connectivity index (χ1v) is 6.41. The number of hydrogen-bond acceptors (Lipinski definition) is 4. The monoisotopic (exact) mass is 250 g/mol. The molecule has 1 aromatic carbocycles. The molecule has 0 amide bonds. The highest BCUT2D eigenvalue weighted by molar-refractivity contribution is 5.27. The van der Waals surface area contributed by atoms with Crippen LogP contribution in [0.2, 0.25) is 0 Å². The number of benzene rings is 1. The number of nitrogens with one attached hydrogen (secondary N) is 1. The van der Waals surface area contributed by atoms with E-state index >= 15 is 0 Å². The van der Waals surface area contributed by atoms with Gasteiger partial charge < -0.3 is 14.8 Å². The molecule has 4 heteroatoms. The summed E-state index contributed by atoms with van der Waals surface area (Å²) in [7, 11) is 3.82. The molecule has 1 aromatic rings. The molecule has 1 fully saturated rings. The van der Waals surface area contributed by atoms with E-state index in [1.807, 2.05) is 12.1 Å². The van der Waals surface area contributed by atoms with Gasteiger partial charge in [-0.25, -0.2) is 0 Å². The fourth-order valence-corrected chi connectivity index (χ4v) is 2.19. The van der Waals surface area contributed by atoms with Crippen LogP contribution in [0.5, 0.6) is 5.75 Å². The van der Waals surface area contributed by atoms with Gasteiger partial charge in [0.2, 0.25) is 0 Å². The predicted molar refractivity (Wildman–Crippen MR) is 71.9 cm³/mol. The number of hydrogen-bond donors (Lipinski definition) is 1. The zero-order valence-corrected chi connectivity index (χ0v) is 11.2. The van der Waals surface area contributed by atoms with Gasteiger partial charge in [-0.3, -0.25) is 4.90 Å². The molecule has 2 rings (SSSR count). The normalized spacial score (nSPS) is 20.1. The van der Waals surface area contributed by atoms with Crippen molar-refractivity contribution in [2.24, 2.45) is 0 Å². The zero-order chi connectivity index (χ0) is 12.8. The first-order valence-electron chi connectivity index (χ1n) is 6.41. The van der Waals surface area contributed by atoms with Crippen LogP contribution in [0.3, 0.4) is 0 Å². The Morgan fingerprint density at radius 3 is 2.78 bits per heavy atom. The van der Waals surface area contributed by atoms with E-state index in [1.165, 1.54) is 5.56 Å². The average Bonchev–Trinajstić information content (AvgIpc) is 2.40. The van der Waals surface area contributed by atoms with Crippen LogP contribution in [0.1, 0.15) is 5.56 Å². The van der Waals surface area contributed by atoms with Crippen LogP contribution in [0, 0.1) is 0 Å². The molecule has 0 spiro atoms. The SMILES string of the molecule is COc1ccc(CN(C)C[C@H]2CNCCO2)cc1. The van der Waals surface area contributed by atoms with Gasteiger partial charge in [-0.2, -0.15) is 0 Å². The molecule has 0 bridgehead atoms. The summed E-state index contributed by atoms with van der Waals surface area (Å²) >= 11 is 0. The zero-order valence-electron chi connectivity index (χ0n) is 11.2. The minimum Gasteiger partial charge on any atom is -0.497 e. The number of nitrogens with zero attached hydrogens (tertiary/aromatic N) is 1. The Labute approximate surface area is 109 Å². The lowest BCUT2D eigenvalue weighted by molar-refractivity contribution is 0.00884. The van der Waals surface area contributed by atoms with E-state index in [1.54, 1.807) is 7.11 Å². The largest absolute Gasteiger partial charge is 0.497 e. The molecule has 1 heterocycles. The molecule has 1 N–H and O–H groups in total. The van der Waals surface area contributed by atoms with Gasteiger partial charge in [-0.1, -0.05) is 12.1 Å². The van der Waals surface area contributed by atoms with Crippen LogP contribution in [0.4, 0.5) is 0 Å². The Hall–Kier alpha value is -1.10. The molecule has 4 nitrogen and oxygen atoms in total. The number of rotatable bonds is 5. The number of ether oxygens (including phenoxy) is 2. The molecule has 0 aliphatic carbocycles. The molecule has 0 unspecified atom stereocenters. The molecule has 18 heavy (non-hydrogen) atoms. The highest BCUT2D eigenvalue weighted by Gasteiger charge is 2.15. The number of morpholine rings is 1. The maximum atomic E-state index is 5.70. The third-order valence-electron chi connectivity index (χ3n) is 3.13. The topological polar surface area (TPSA) is 33.7 Å². The molecule has 0 radical (unpaired) electrons.